The summed E-state index contributed by atoms with van der Waals surface area (Å²) in [6.07, 6.45) is 1.46. The third kappa shape index (κ3) is 3.58. The molecule has 0 amide bonds. The lowest BCUT2D eigenvalue weighted by Gasteiger charge is -2.11. The van der Waals surface area contributed by atoms with Crippen molar-refractivity contribution in [1.82, 2.24) is 9.78 Å². The van der Waals surface area contributed by atoms with E-state index in [1.807, 2.05) is 18.2 Å². The van der Waals surface area contributed by atoms with Crippen molar-refractivity contribution in [2.24, 2.45) is 7.05 Å². The van der Waals surface area contributed by atoms with E-state index in [2.05, 4.69) is 5.10 Å². The Labute approximate surface area is 166 Å². The molecule has 26 heavy (non-hydrogen) atoms. The van der Waals surface area contributed by atoms with Gasteiger partial charge in [-0.1, -0.05) is 53.0 Å². The molecule has 1 aromatic heterocycles. The predicted molar refractivity (Wildman–Crippen MR) is 104 cm³/mol. The molecular formula is C19H15Cl3N2O2. The first-order chi connectivity index (χ1) is 12.4. The smallest absolute Gasteiger partial charge is 0.223 e. The molecule has 0 saturated heterocycles. The Hall–Kier alpha value is -2.01. The summed E-state index contributed by atoms with van der Waals surface area (Å²) in [5, 5.41) is 5.56. The number of carbonyl (C=O) groups excluding carboxylic acids is 1. The normalized spacial score (nSPS) is 10.8. The van der Waals surface area contributed by atoms with Crippen LogP contribution < -0.4 is 4.74 Å². The van der Waals surface area contributed by atoms with Gasteiger partial charge in [0, 0.05) is 28.2 Å². The molecule has 0 fully saturated rings. The fourth-order valence-corrected chi connectivity index (χ4v) is 3.14. The largest absolute Gasteiger partial charge is 0.472 e. The first-order valence-corrected chi connectivity index (χ1v) is 8.91. The van der Waals surface area contributed by atoms with E-state index in [-0.39, 0.29) is 12.4 Å². The SMILES string of the molecule is Cc1c(Cl)ccc(C(=O)c2cnn(C)c2OCc2ccccc2Cl)c1Cl. The second-order valence-corrected chi connectivity index (χ2v) is 6.92. The molecule has 0 aliphatic carbocycles. The fraction of sp³-hybridized carbons (Fsp3) is 0.158. The quantitative estimate of drug-likeness (QED) is 0.523. The van der Waals surface area contributed by atoms with Crippen molar-refractivity contribution in [3.05, 3.63) is 79.9 Å². The summed E-state index contributed by atoms with van der Waals surface area (Å²) < 4.78 is 7.34. The van der Waals surface area contributed by atoms with Crippen molar-refractivity contribution < 1.29 is 9.53 Å². The van der Waals surface area contributed by atoms with Crippen LogP contribution >= 0.6 is 34.8 Å². The lowest BCUT2D eigenvalue weighted by molar-refractivity contribution is 0.103. The summed E-state index contributed by atoms with van der Waals surface area (Å²) >= 11 is 18.5. The van der Waals surface area contributed by atoms with Crippen LogP contribution in [0.4, 0.5) is 0 Å². The van der Waals surface area contributed by atoms with Crippen LogP contribution in [-0.4, -0.2) is 15.6 Å². The molecule has 0 aliphatic heterocycles. The molecule has 4 nitrogen and oxygen atoms in total. The van der Waals surface area contributed by atoms with E-state index in [0.29, 0.717) is 37.6 Å². The molecule has 2 aromatic carbocycles. The average Bonchev–Trinajstić information content (AvgIpc) is 2.99. The highest BCUT2D eigenvalue weighted by Gasteiger charge is 2.22. The monoisotopic (exact) mass is 408 g/mol. The molecule has 0 spiro atoms. The van der Waals surface area contributed by atoms with Gasteiger partial charge in [0.05, 0.1) is 11.2 Å². The second-order valence-electron chi connectivity index (χ2n) is 5.73. The van der Waals surface area contributed by atoms with E-state index in [0.717, 1.165) is 5.56 Å². The molecule has 0 unspecified atom stereocenters. The predicted octanol–water partition coefficient (Wildman–Crippen LogP) is 5.50. The number of hydrogen-bond acceptors (Lipinski definition) is 3. The van der Waals surface area contributed by atoms with Gasteiger partial charge >= 0.3 is 0 Å². The lowest BCUT2D eigenvalue weighted by atomic mass is 10.0. The molecule has 0 N–H and O–H groups in total. The maximum absolute atomic E-state index is 13.0. The van der Waals surface area contributed by atoms with Crippen LogP contribution in [0, 0.1) is 6.92 Å². The first-order valence-electron chi connectivity index (χ1n) is 7.77. The molecule has 0 bridgehead atoms. The molecule has 0 saturated carbocycles. The fourth-order valence-electron chi connectivity index (χ4n) is 2.50. The summed E-state index contributed by atoms with van der Waals surface area (Å²) in [6, 6.07) is 10.6. The standard InChI is InChI=1S/C19H15Cl3N2O2/c1-11-15(20)8-7-13(17(11)22)18(25)14-9-23-24(2)19(14)26-10-12-5-3-4-6-16(12)21/h3-9H,10H2,1-2H3. The highest BCUT2D eigenvalue weighted by Crippen LogP contribution is 2.31. The van der Waals surface area contributed by atoms with Gasteiger partial charge in [-0.3, -0.25) is 4.79 Å². The Morgan fingerprint density at radius 2 is 1.81 bits per heavy atom. The minimum absolute atomic E-state index is 0.215. The number of ketones is 1. The number of aryl methyl sites for hydroxylation is 1. The average molecular weight is 410 g/mol. The van der Waals surface area contributed by atoms with Gasteiger partial charge in [0.15, 0.2) is 0 Å². The number of ether oxygens (including phenoxy) is 1. The zero-order valence-corrected chi connectivity index (χ0v) is 16.4. The number of benzene rings is 2. The van der Waals surface area contributed by atoms with E-state index in [9.17, 15) is 4.79 Å². The van der Waals surface area contributed by atoms with Crippen LogP contribution in [0.15, 0.2) is 42.6 Å². The maximum Gasteiger partial charge on any atom is 0.223 e. The molecule has 1 heterocycles. The molecule has 0 aliphatic rings. The molecular weight excluding hydrogens is 395 g/mol. The van der Waals surface area contributed by atoms with Gasteiger partial charge in [-0.25, -0.2) is 4.68 Å². The first kappa shape index (κ1) is 18.8. The van der Waals surface area contributed by atoms with Crippen LogP contribution in [0.5, 0.6) is 5.88 Å². The van der Waals surface area contributed by atoms with Crippen LogP contribution in [0.3, 0.4) is 0 Å². The van der Waals surface area contributed by atoms with Crippen molar-refractivity contribution in [2.75, 3.05) is 0 Å². The zero-order valence-electron chi connectivity index (χ0n) is 14.1. The molecule has 0 radical (unpaired) electrons. The number of hydrogen-bond donors (Lipinski definition) is 0. The van der Waals surface area contributed by atoms with E-state index in [1.54, 1.807) is 32.2 Å². The van der Waals surface area contributed by atoms with Crippen molar-refractivity contribution in [1.29, 1.82) is 0 Å². The summed E-state index contributed by atoms with van der Waals surface area (Å²) in [5.74, 6) is 0.0654. The summed E-state index contributed by atoms with van der Waals surface area (Å²) in [5.41, 5.74) is 2.14. The lowest BCUT2D eigenvalue weighted by Crippen LogP contribution is -2.08. The maximum atomic E-state index is 13.0. The Kier molecular flexibility index (Phi) is 5.56. The minimum Gasteiger partial charge on any atom is -0.472 e. The number of rotatable bonds is 5. The molecule has 134 valence electrons. The summed E-state index contributed by atoms with van der Waals surface area (Å²) in [4.78, 5) is 13.0. The van der Waals surface area contributed by atoms with Gasteiger partial charge in [-0.15, -0.1) is 0 Å². The zero-order chi connectivity index (χ0) is 18.8. The van der Waals surface area contributed by atoms with E-state index in [1.165, 1.54) is 10.9 Å². The van der Waals surface area contributed by atoms with Gasteiger partial charge in [0.25, 0.3) is 0 Å². The van der Waals surface area contributed by atoms with Crippen molar-refractivity contribution in [2.45, 2.75) is 13.5 Å². The summed E-state index contributed by atoms with van der Waals surface area (Å²) in [6.45, 7) is 1.98. The molecule has 3 aromatic rings. The Morgan fingerprint density at radius 1 is 1.08 bits per heavy atom. The number of carbonyl (C=O) groups is 1. The summed E-state index contributed by atoms with van der Waals surface area (Å²) in [7, 11) is 1.70. The van der Waals surface area contributed by atoms with Crippen molar-refractivity contribution in [3.63, 3.8) is 0 Å². The highest BCUT2D eigenvalue weighted by atomic mass is 35.5. The molecule has 0 atom stereocenters. The van der Waals surface area contributed by atoms with Gasteiger partial charge in [0.2, 0.25) is 11.7 Å². The van der Waals surface area contributed by atoms with Gasteiger partial charge in [-0.05, 0) is 30.7 Å². The Balaban J connectivity index is 1.92. The Bertz CT molecular complexity index is 983. The van der Waals surface area contributed by atoms with Crippen LogP contribution in [0.1, 0.15) is 27.0 Å². The van der Waals surface area contributed by atoms with Crippen molar-refractivity contribution in [3.8, 4) is 5.88 Å². The minimum atomic E-state index is -0.281. The van der Waals surface area contributed by atoms with E-state index < -0.39 is 0 Å². The van der Waals surface area contributed by atoms with Crippen LogP contribution in [-0.2, 0) is 13.7 Å². The number of halogens is 3. The second kappa shape index (κ2) is 7.70. The Morgan fingerprint density at radius 3 is 2.54 bits per heavy atom. The molecule has 3 rings (SSSR count). The van der Waals surface area contributed by atoms with Gasteiger partial charge in [-0.2, -0.15) is 5.10 Å². The van der Waals surface area contributed by atoms with Crippen LogP contribution in [0.25, 0.3) is 0 Å². The van der Waals surface area contributed by atoms with E-state index in [4.69, 9.17) is 39.5 Å². The van der Waals surface area contributed by atoms with Crippen molar-refractivity contribution >= 4 is 40.6 Å². The molecule has 7 heteroatoms. The number of aromatic nitrogens is 2. The van der Waals surface area contributed by atoms with E-state index >= 15 is 0 Å². The highest BCUT2D eigenvalue weighted by molar-refractivity contribution is 6.38. The third-order valence-electron chi connectivity index (χ3n) is 4.02. The number of nitrogens with zero attached hydrogens (tertiary/aromatic N) is 2. The van der Waals surface area contributed by atoms with Gasteiger partial charge in [0.1, 0.15) is 12.2 Å². The van der Waals surface area contributed by atoms with Crippen LogP contribution in [0.2, 0.25) is 15.1 Å². The third-order valence-corrected chi connectivity index (χ3v) is 5.28. The van der Waals surface area contributed by atoms with Gasteiger partial charge < -0.3 is 4.74 Å². The topological polar surface area (TPSA) is 44.1 Å².